The molecule has 1 saturated heterocycles. The lowest BCUT2D eigenvalue weighted by Gasteiger charge is -2.18. The summed E-state index contributed by atoms with van der Waals surface area (Å²) in [7, 11) is 0. The van der Waals surface area contributed by atoms with Gasteiger partial charge < -0.3 is 14.4 Å². The van der Waals surface area contributed by atoms with E-state index in [-0.39, 0.29) is 18.7 Å². The third kappa shape index (κ3) is 3.16. The smallest absolute Gasteiger partial charge is 0.332 e. The molecule has 0 bridgehead atoms. The van der Waals surface area contributed by atoms with Crippen molar-refractivity contribution in [2.75, 3.05) is 31.2 Å². The van der Waals surface area contributed by atoms with E-state index in [1.54, 1.807) is 18.3 Å². The number of ether oxygens (including phenoxy) is 2. The molecule has 0 aliphatic carbocycles. The van der Waals surface area contributed by atoms with Crippen molar-refractivity contribution in [2.45, 2.75) is 19.4 Å². The van der Waals surface area contributed by atoms with Crippen molar-refractivity contribution in [1.29, 1.82) is 0 Å². The molecule has 0 saturated carbocycles. The van der Waals surface area contributed by atoms with Crippen LogP contribution < -0.4 is 4.90 Å². The van der Waals surface area contributed by atoms with E-state index in [4.69, 9.17) is 9.47 Å². The van der Waals surface area contributed by atoms with E-state index >= 15 is 0 Å². The Labute approximate surface area is 127 Å². The number of thiophene rings is 1. The summed E-state index contributed by atoms with van der Waals surface area (Å²) in [5, 5.41) is 3.31. The fourth-order valence-electron chi connectivity index (χ4n) is 2.55. The zero-order valence-electron chi connectivity index (χ0n) is 11.9. The van der Waals surface area contributed by atoms with E-state index in [9.17, 15) is 4.79 Å². The van der Waals surface area contributed by atoms with Crippen molar-refractivity contribution in [1.82, 2.24) is 4.98 Å². The first-order valence-corrected chi connectivity index (χ1v) is 8.00. The van der Waals surface area contributed by atoms with Gasteiger partial charge in [-0.1, -0.05) is 0 Å². The highest BCUT2D eigenvalue weighted by Crippen LogP contribution is 2.31. The maximum absolute atomic E-state index is 11.3. The number of esters is 1. The van der Waals surface area contributed by atoms with Crippen LogP contribution in [0.4, 0.5) is 5.82 Å². The third-order valence-electron chi connectivity index (χ3n) is 3.54. The molecule has 0 unspecified atom stereocenters. The molecule has 0 spiro atoms. The Hall–Kier alpha value is -1.66. The van der Waals surface area contributed by atoms with Crippen molar-refractivity contribution >= 4 is 33.2 Å². The van der Waals surface area contributed by atoms with E-state index < -0.39 is 0 Å². The van der Waals surface area contributed by atoms with Crippen molar-refractivity contribution in [2.24, 2.45) is 0 Å². The summed E-state index contributed by atoms with van der Waals surface area (Å²) in [5.41, 5.74) is 0. The standard InChI is InChI=1S/C15H18N2O3S/c1-2-19-13(18)10-20-12-4-7-17(9-12)15-14-11(3-6-16-15)5-8-21-14/h3,5-6,8,12H,2,4,7,9-10H2,1H3/t12-/m0/s1. The van der Waals surface area contributed by atoms with Gasteiger partial charge in [-0.25, -0.2) is 9.78 Å². The molecular weight excluding hydrogens is 288 g/mol. The highest BCUT2D eigenvalue weighted by atomic mass is 32.1. The molecule has 3 heterocycles. The fraction of sp³-hybridized carbons (Fsp3) is 0.467. The minimum absolute atomic E-state index is 0.0307. The lowest BCUT2D eigenvalue weighted by Crippen LogP contribution is -2.25. The summed E-state index contributed by atoms with van der Waals surface area (Å²) in [4.78, 5) is 18.1. The molecule has 1 atom stereocenters. The van der Waals surface area contributed by atoms with Gasteiger partial charge in [0.15, 0.2) is 0 Å². The first kappa shape index (κ1) is 14.3. The van der Waals surface area contributed by atoms with Gasteiger partial charge >= 0.3 is 5.97 Å². The highest BCUT2D eigenvalue weighted by molar-refractivity contribution is 7.17. The van der Waals surface area contributed by atoms with Gasteiger partial charge in [-0.15, -0.1) is 11.3 Å². The van der Waals surface area contributed by atoms with Crippen LogP contribution in [0.2, 0.25) is 0 Å². The average Bonchev–Trinajstić information content (AvgIpc) is 3.14. The monoisotopic (exact) mass is 306 g/mol. The van der Waals surface area contributed by atoms with Crippen LogP contribution in [-0.4, -0.2) is 43.4 Å². The van der Waals surface area contributed by atoms with Crippen LogP contribution in [0.1, 0.15) is 13.3 Å². The normalized spacial score (nSPS) is 18.3. The first-order chi connectivity index (χ1) is 10.3. The SMILES string of the molecule is CCOC(=O)CO[C@H]1CCN(c2nccc3ccsc23)C1. The van der Waals surface area contributed by atoms with E-state index in [1.165, 1.54) is 10.1 Å². The molecular formula is C15H18N2O3S. The number of rotatable bonds is 5. The second kappa shape index (κ2) is 6.41. The maximum atomic E-state index is 11.3. The highest BCUT2D eigenvalue weighted by Gasteiger charge is 2.26. The molecule has 112 valence electrons. The quantitative estimate of drug-likeness (QED) is 0.794. The number of fused-ring (bicyclic) bond motifs is 1. The number of carbonyl (C=O) groups is 1. The van der Waals surface area contributed by atoms with Gasteiger partial charge in [-0.05, 0) is 36.2 Å². The predicted octanol–water partition coefficient (Wildman–Crippen LogP) is 2.45. The molecule has 5 nitrogen and oxygen atoms in total. The molecule has 21 heavy (non-hydrogen) atoms. The van der Waals surface area contributed by atoms with Crippen LogP contribution in [0, 0.1) is 0 Å². The lowest BCUT2D eigenvalue weighted by molar-refractivity contribution is -0.150. The summed E-state index contributed by atoms with van der Waals surface area (Å²) >= 11 is 1.71. The third-order valence-corrected chi connectivity index (χ3v) is 4.46. The Morgan fingerprint density at radius 3 is 3.29 bits per heavy atom. The van der Waals surface area contributed by atoms with Crippen molar-refractivity contribution in [3.63, 3.8) is 0 Å². The van der Waals surface area contributed by atoms with E-state index in [1.807, 2.05) is 12.3 Å². The van der Waals surface area contributed by atoms with Gasteiger partial charge in [0.2, 0.25) is 0 Å². The van der Waals surface area contributed by atoms with Crippen LogP contribution in [0.15, 0.2) is 23.7 Å². The summed E-state index contributed by atoms with van der Waals surface area (Å²) in [6.07, 6.45) is 2.81. The van der Waals surface area contributed by atoms with Crippen molar-refractivity contribution in [3.8, 4) is 0 Å². The van der Waals surface area contributed by atoms with Crippen LogP contribution in [0.3, 0.4) is 0 Å². The molecule has 0 radical (unpaired) electrons. The summed E-state index contributed by atoms with van der Waals surface area (Å²) in [6.45, 7) is 3.88. The molecule has 3 rings (SSSR count). The number of hydrogen-bond donors (Lipinski definition) is 0. The van der Waals surface area contributed by atoms with Crippen molar-refractivity contribution in [3.05, 3.63) is 23.7 Å². The Morgan fingerprint density at radius 1 is 1.52 bits per heavy atom. The Balaban J connectivity index is 1.62. The summed E-state index contributed by atoms with van der Waals surface area (Å²) in [5.74, 6) is 0.721. The zero-order chi connectivity index (χ0) is 14.7. The molecule has 0 amide bonds. The van der Waals surface area contributed by atoms with Crippen LogP contribution in [0.25, 0.3) is 10.1 Å². The van der Waals surface area contributed by atoms with Gasteiger partial charge in [-0.3, -0.25) is 0 Å². The second-order valence-corrected chi connectivity index (χ2v) is 5.86. The molecule has 0 N–H and O–H groups in total. The maximum Gasteiger partial charge on any atom is 0.332 e. The number of anilines is 1. The number of nitrogens with zero attached hydrogens (tertiary/aromatic N) is 2. The van der Waals surface area contributed by atoms with Gasteiger partial charge in [0.25, 0.3) is 0 Å². The topological polar surface area (TPSA) is 51.7 Å². The number of hydrogen-bond acceptors (Lipinski definition) is 6. The fourth-order valence-corrected chi connectivity index (χ4v) is 3.46. The van der Waals surface area contributed by atoms with E-state index in [0.717, 1.165) is 25.3 Å². The number of aromatic nitrogens is 1. The molecule has 1 aliphatic rings. The molecule has 2 aromatic heterocycles. The Bertz CT molecular complexity index is 628. The Morgan fingerprint density at radius 2 is 2.43 bits per heavy atom. The van der Waals surface area contributed by atoms with Crippen LogP contribution >= 0.6 is 11.3 Å². The predicted molar refractivity (Wildman–Crippen MR) is 82.8 cm³/mol. The van der Waals surface area contributed by atoms with E-state index in [2.05, 4.69) is 21.3 Å². The Kier molecular flexibility index (Phi) is 4.36. The molecule has 1 fully saturated rings. The molecule has 1 aliphatic heterocycles. The van der Waals surface area contributed by atoms with Gasteiger partial charge in [0.1, 0.15) is 12.4 Å². The summed E-state index contributed by atoms with van der Waals surface area (Å²) < 4.78 is 11.7. The van der Waals surface area contributed by atoms with E-state index in [0.29, 0.717) is 6.61 Å². The second-order valence-electron chi connectivity index (χ2n) is 4.95. The zero-order valence-corrected chi connectivity index (χ0v) is 12.8. The minimum atomic E-state index is -0.297. The van der Waals surface area contributed by atoms with Crippen molar-refractivity contribution < 1.29 is 14.3 Å². The van der Waals surface area contributed by atoms with Crippen LogP contribution in [0.5, 0.6) is 0 Å². The van der Waals surface area contributed by atoms with Gasteiger partial charge in [0, 0.05) is 19.3 Å². The van der Waals surface area contributed by atoms with Gasteiger partial charge in [0.05, 0.1) is 17.4 Å². The van der Waals surface area contributed by atoms with Crippen LogP contribution in [-0.2, 0) is 14.3 Å². The molecule has 6 heteroatoms. The van der Waals surface area contributed by atoms with Gasteiger partial charge in [-0.2, -0.15) is 0 Å². The number of pyridine rings is 1. The first-order valence-electron chi connectivity index (χ1n) is 7.12. The average molecular weight is 306 g/mol. The lowest BCUT2D eigenvalue weighted by atomic mass is 10.3. The molecule has 0 aromatic carbocycles. The number of carbonyl (C=O) groups excluding carboxylic acids is 1. The minimum Gasteiger partial charge on any atom is -0.464 e. The largest absolute Gasteiger partial charge is 0.464 e. The summed E-state index contributed by atoms with van der Waals surface area (Å²) in [6, 6.07) is 4.14. The molecule has 2 aromatic rings.